The monoisotopic (exact) mass is 382 g/mol. The average Bonchev–Trinajstić information content (AvgIpc) is 2.50. The topological polar surface area (TPSA) is 105 Å². The fourth-order valence-electron chi connectivity index (χ4n) is 2.08. The minimum atomic E-state index is -2.77. The van der Waals surface area contributed by atoms with E-state index in [0.29, 0.717) is 22.6 Å². The predicted molar refractivity (Wildman–Crippen MR) is 97.1 cm³/mol. The molecule has 0 fully saturated rings. The first kappa shape index (κ1) is 18.8. The summed E-state index contributed by atoms with van der Waals surface area (Å²) in [7, 11) is 0. The molecule has 0 aliphatic heterocycles. The van der Waals surface area contributed by atoms with E-state index in [1.807, 2.05) is 0 Å². The first-order valence-corrected chi connectivity index (χ1v) is 10.1. The van der Waals surface area contributed by atoms with Gasteiger partial charge in [0.05, 0.1) is 9.85 Å². The molecule has 0 aromatic heterocycles. The van der Waals surface area contributed by atoms with Gasteiger partial charge in [-0.05, 0) is 48.9 Å². The summed E-state index contributed by atoms with van der Waals surface area (Å²) in [5.41, 5.74) is 1.05. The normalized spacial score (nSPS) is 11.0. The highest BCUT2D eigenvalue weighted by Crippen LogP contribution is 2.47. The summed E-state index contributed by atoms with van der Waals surface area (Å²) in [6.07, 6.45) is 0. The number of nitro groups is 2. The van der Waals surface area contributed by atoms with Crippen LogP contribution in [0.5, 0.6) is 11.5 Å². The van der Waals surface area contributed by atoms with Gasteiger partial charge in [-0.2, -0.15) is 0 Å². The van der Waals surface area contributed by atoms with Crippen LogP contribution in [-0.2, 0) is 11.8 Å². The van der Waals surface area contributed by atoms with Gasteiger partial charge in [-0.3, -0.25) is 20.2 Å². The van der Waals surface area contributed by atoms with Crippen LogP contribution in [-0.4, -0.2) is 16.5 Å². The average molecular weight is 382 g/mol. The molecule has 2 rings (SSSR count). The second-order valence-electron chi connectivity index (χ2n) is 5.37. The maximum atomic E-state index is 10.8. The first-order chi connectivity index (χ1) is 11.6. The van der Waals surface area contributed by atoms with Crippen LogP contribution in [0.25, 0.3) is 0 Å². The molecule has 10 heteroatoms. The van der Waals surface area contributed by atoms with Gasteiger partial charge in [-0.1, -0.05) is 0 Å². The molecule has 0 bridgehead atoms. The molecule has 0 saturated carbocycles. The van der Waals surface area contributed by atoms with Gasteiger partial charge in [0, 0.05) is 30.9 Å². The van der Waals surface area contributed by atoms with Gasteiger partial charge >= 0.3 is 0 Å². The molecule has 0 amide bonds. The maximum absolute atomic E-state index is 10.8. The summed E-state index contributed by atoms with van der Waals surface area (Å²) < 4.78 is 11.5. The van der Waals surface area contributed by atoms with Gasteiger partial charge in [0.15, 0.2) is 0 Å². The van der Waals surface area contributed by atoms with Crippen molar-refractivity contribution >= 4 is 29.7 Å². The molecule has 132 valence electrons. The molecular formula is C15H15N2O6PS. The highest BCUT2D eigenvalue weighted by atomic mass is 32.5. The van der Waals surface area contributed by atoms with Crippen LogP contribution in [0.3, 0.4) is 0 Å². The van der Waals surface area contributed by atoms with Gasteiger partial charge in [-0.25, -0.2) is 0 Å². The van der Waals surface area contributed by atoms with Crippen LogP contribution in [0.4, 0.5) is 11.4 Å². The second kappa shape index (κ2) is 7.16. The van der Waals surface area contributed by atoms with Crippen LogP contribution in [0, 0.1) is 34.1 Å². The molecule has 0 spiro atoms. The lowest BCUT2D eigenvalue weighted by Crippen LogP contribution is -2.02. The molecule has 0 N–H and O–H groups in total. The molecule has 2 aromatic rings. The van der Waals surface area contributed by atoms with E-state index in [0.717, 1.165) is 0 Å². The van der Waals surface area contributed by atoms with Crippen molar-refractivity contribution in [2.24, 2.45) is 0 Å². The molecule has 0 unspecified atom stereocenters. The minimum Gasteiger partial charge on any atom is -0.435 e. The molecule has 0 aliphatic rings. The lowest BCUT2D eigenvalue weighted by molar-refractivity contribution is -0.385. The van der Waals surface area contributed by atoms with E-state index in [1.165, 1.54) is 36.4 Å². The summed E-state index contributed by atoms with van der Waals surface area (Å²) in [5.74, 6) is 0.798. The molecule has 0 saturated heterocycles. The summed E-state index contributed by atoms with van der Waals surface area (Å²) in [6.45, 7) is 2.19. The molecule has 0 radical (unpaired) electrons. The van der Waals surface area contributed by atoms with E-state index >= 15 is 0 Å². The zero-order valence-corrected chi connectivity index (χ0v) is 15.4. The van der Waals surface area contributed by atoms with Crippen LogP contribution < -0.4 is 9.05 Å². The van der Waals surface area contributed by atoms with Gasteiger partial charge in [0.2, 0.25) is 0 Å². The fourth-order valence-corrected chi connectivity index (χ4v) is 3.72. The molecule has 0 aliphatic carbocycles. The lowest BCUT2D eigenvalue weighted by Gasteiger charge is -2.21. The molecule has 25 heavy (non-hydrogen) atoms. The van der Waals surface area contributed by atoms with Crippen molar-refractivity contribution < 1.29 is 18.9 Å². The molecule has 0 atom stereocenters. The number of hydrogen-bond acceptors (Lipinski definition) is 7. The van der Waals surface area contributed by atoms with E-state index in [2.05, 4.69) is 0 Å². The van der Waals surface area contributed by atoms with Crippen LogP contribution >= 0.6 is 6.49 Å². The van der Waals surface area contributed by atoms with Gasteiger partial charge in [-0.15, -0.1) is 0 Å². The second-order valence-corrected chi connectivity index (χ2v) is 9.27. The highest BCUT2D eigenvalue weighted by molar-refractivity contribution is 8.09. The van der Waals surface area contributed by atoms with E-state index in [4.69, 9.17) is 20.9 Å². The fraction of sp³-hybridized carbons (Fsp3) is 0.200. The van der Waals surface area contributed by atoms with Crippen molar-refractivity contribution in [2.45, 2.75) is 13.8 Å². The number of benzene rings is 2. The molecule has 0 heterocycles. The Balaban J connectivity index is 2.21. The van der Waals surface area contributed by atoms with E-state index in [-0.39, 0.29) is 11.4 Å². The van der Waals surface area contributed by atoms with E-state index < -0.39 is 16.3 Å². The van der Waals surface area contributed by atoms with Crippen molar-refractivity contribution in [3.8, 4) is 11.5 Å². The Morgan fingerprint density at radius 2 is 1.24 bits per heavy atom. The predicted octanol–water partition coefficient (Wildman–Crippen LogP) is 4.52. The number of hydrogen-bond donors (Lipinski definition) is 0. The van der Waals surface area contributed by atoms with Gasteiger partial charge < -0.3 is 9.05 Å². The molecule has 8 nitrogen and oxygen atoms in total. The largest absolute Gasteiger partial charge is 0.435 e. The summed E-state index contributed by atoms with van der Waals surface area (Å²) in [5, 5.41) is 21.6. The van der Waals surface area contributed by atoms with Crippen molar-refractivity contribution in [1.29, 1.82) is 0 Å². The van der Waals surface area contributed by atoms with Crippen LogP contribution in [0.2, 0.25) is 0 Å². The quantitative estimate of drug-likeness (QED) is 0.411. The summed E-state index contributed by atoms with van der Waals surface area (Å²) >= 11 is 5.39. The third-order valence-electron chi connectivity index (χ3n) is 3.27. The smallest absolute Gasteiger partial charge is 0.284 e. The summed E-state index contributed by atoms with van der Waals surface area (Å²) in [4.78, 5) is 20.6. The van der Waals surface area contributed by atoms with Crippen molar-refractivity contribution in [3.63, 3.8) is 0 Å². The van der Waals surface area contributed by atoms with Crippen molar-refractivity contribution in [1.82, 2.24) is 0 Å². The Morgan fingerprint density at radius 1 is 0.880 bits per heavy atom. The number of nitrogens with zero attached hydrogens (tertiary/aromatic N) is 2. The Kier molecular flexibility index (Phi) is 5.39. The zero-order chi connectivity index (χ0) is 18.8. The number of rotatable bonds is 6. The maximum Gasteiger partial charge on any atom is 0.284 e. The SMILES string of the molecule is Cc1cc([N+](=O)[O-])ccc1OP(C)(=S)Oc1ccc([N+](=O)[O-])cc1C. The number of nitro benzene ring substituents is 2. The number of aryl methyl sites for hydroxylation is 2. The Bertz CT molecular complexity index is 832. The molecular weight excluding hydrogens is 367 g/mol. The van der Waals surface area contributed by atoms with Crippen molar-refractivity contribution in [2.75, 3.05) is 6.66 Å². The van der Waals surface area contributed by atoms with Gasteiger partial charge in [0.25, 0.3) is 17.9 Å². The minimum absolute atomic E-state index is 0.0404. The van der Waals surface area contributed by atoms with Crippen LogP contribution in [0.1, 0.15) is 11.1 Å². The van der Waals surface area contributed by atoms with E-state index in [1.54, 1.807) is 20.5 Å². The highest BCUT2D eigenvalue weighted by Gasteiger charge is 2.20. The van der Waals surface area contributed by atoms with Crippen LogP contribution in [0.15, 0.2) is 36.4 Å². The Morgan fingerprint density at radius 3 is 1.52 bits per heavy atom. The summed E-state index contributed by atoms with van der Waals surface area (Å²) in [6, 6.07) is 8.39. The zero-order valence-electron chi connectivity index (χ0n) is 13.7. The Labute approximate surface area is 148 Å². The van der Waals surface area contributed by atoms with E-state index in [9.17, 15) is 20.2 Å². The first-order valence-electron chi connectivity index (χ1n) is 7.06. The Hall–Kier alpha value is -2.51. The third-order valence-corrected chi connectivity index (χ3v) is 4.77. The lowest BCUT2D eigenvalue weighted by atomic mass is 10.2. The van der Waals surface area contributed by atoms with Crippen molar-refractivity contribution in [3.05, 3.63) is 67.8 Å². The number of non-ortho nitro benzene ring substituents is 2. The third kappa shape index (κ3) is 4.74. The van der Waals surface area contributed by atoms with Gasteiger partial charge in [0.1, 0.15) is 11.5 Å². The molecule has 2 aromatic carbocycles. The standard InChI is InChI=1S/C15H15N2O6PS/c1-10-8-12(16(18)19)4-6-14(10)22-24(3,25)23-15-7-5-13(17(20)21)9-11(15)2/h4-9H,1-3H3.